The largest absolute Gasteiger partial charge is 0.330 e. The fraction of sp³-hybridized carbons (Fsp3) is 0.412. The van der Waals surface area contributed by atoms with E-state index < -0.39 is 0 Å². The maximum atomic E-state index is 13.0. The Hall–Kier alpha value is -2.17. The van der Waals surface area contributed by atoms with Crippen molar-refractivity contribution in [2.45, 2.75) is 45.8 Å². The maximum absolute atomic E-state index is 13.0. The van der Waals surface area contributed by atoms with E-state index in [2.05, 4.69) is 23.4 Å². The van der Waals surface area contributed by atoms with Crippen LogP contribution in [0.1, 0.15) is 33.0 Å². The van der Waals surface area contributed by atoms with Crippen LogP contribution < -0.4 is 0 Å². The topological polar surface area (TPSA) is 38.1 Å². The molecule has 1 aliphatic rings. The molecule has 0 saturated carbocycles. The third kappa shape index (κ3) is 2.51. The van der Waals surface area contributed by atoms with Gasteiger partial charge in [-0.3, -0.25) is 4.79 Å². The number of hydrogen-bond acceptors (Lipinski definition) is 2. The van der Waals surface area contributed by atoms with Crippen LogP contribution in [0.25, 0.3) is 11.3 Å². The monoisotopic (exact) mass is 301 g/mol. The van der Waals surface area contributed by atoms with Crippen LogP contribution in [0.3, 0.4) is 0 Å². The van der Waals surface area contributed by atoms with E-state index in [1.54, 1.807) is 12.1 Å². The highest BCUT2D eigenvalue weighted by molar-refractivity contribution is 5.76. The molecule has 0 saturated heterocycles. The van der Waals surface area contributed by atoms with Crippen LogP contribution in [0.15, 0.2) is 30.5 Å². The van der Waals surface area contributed by atoms with Gasteiger partial charge in [0.05, 0.1) is 17.8 Å². The second-order valence-corrected chi connectivity index (χ2v) is 6.32. The number of imidazole rings is 1. The van der Waals surface area contributed by atoms with Crippen LogP contribution >= 0.6 is 0 Å². The molecule has 0 unspecified atom stereocenters. The number of amides is 1. The number of fused-ring (bicyclic) bond motifs is 1. The van der Waals surface area contributed by atoms with E-state index in [0.717, 1.165) is 17.1 Å². The van der Waals surface area contributed by atoms with Gasteiger partial charge < -0.3 is 9.47 Å². The van der Waals surface area contributed by atoms with E-state index in [1.807, 2.05) is 18.0 Å². The molecule has 1 aromatic heterocycles. The number of rotatable bonds is 2. The summed E-state index contributed by atoms with van der Waals surface area (Å²) in [5, 5.41) is 0. The molecule has 4 nitrogen and oxygen atoms in total. The molecule has 3 rings (SSSR count). The zero-order valence-electron chi connectivity index (χ0n) is 13.1. The molecule has 0 aliphatic carbocycles. The first-order valence-electron chi connectivity index (χ1n) is 7.53. The average Bonchev–Trinajstić information content (AvgIpc) is 2.87. The number of aromatic nitrogens is 2. The third-order valence-electron chi connectivity index (χ3n) is 4.19. The Balaban J connectivity index is 1.95. The van der Waals surface area contributed by atoms with Gasteiger partial charge in [0.1, 0.15) is 11.6 Å². The van der Waals surface area contributed by atoms with Gasteiger partial charge >= 0.3 is 0 Å². The Morgan fingerprint density at radius 3 is 2.64 bits per heavy atom. The fourth-order valence-corrected chi connectivity index (χ4v) is 2.95. The Morgan fingerprint density at radius 2 is 2.00 bits per heavy atom. The Bertz CT molecular complexity index is 703. The predicted octanol–water partition coefficient (Wildman–Crippen LogP) is 3.22. The second kappa shape index (κ2) is 5.23. The molecule has 0 bridgehead atoms. The highest BCUT2D eigenvalue weighted by Gasteiger charge is 2.36. The SMILES string of the molecule is CCC(=O)N1Cc2nc(-c3ccc(F)cc3)cn2CC1(C)C. The lowest BCUT2D eigenvalue weighted by Crippen LogP contribution is -2.53. The van der Waals surface area contributed by atoms with Crippen molar-refractivity contribution >= 4 is 5.91 Å². The predicted molar refractivity (Wildman–Crippen MR) is 82.5 cm³/mol. The molecule has 2 heterocycles. The van der Waals surface area contributed by atoms with Gasteiger partial charge in [0.25, 0.3) is 0 Å². The van der Waals surface area contributed by atoms with Crippen molar-refractivity contribution in [2.24, 2.45) is 0 Å². The van der Waals surface area contributed by atoms with E-state index in [0.29, 0.717) is 19.5 Å². The normalized spacial score (nSPS) is 16.5. The van der Waals surface area contributed by atoms with Gasteiger partial charge in [-0.1, -0.05) is 6.92 Å². The summed E-state index contributed by atoms with van der Waals surface area (Å²) in [5.74, 6) is 0.761. The maximum Gasteiger partial charge on any atom is 0.223 e. The highest BCUT2D eigenvalue weighted by Crippen LogP contribution is 2.29. The Kier molecular flexibility index (Phi) is 3.51. The molecule has 0 fully saturated rings. The standard InChI is InChI=1S/C17H20FN3O/c1-4-16(22)21-10-15-19-14(9-20(15)11-17(21,2)3)12-5-7-13(18)8-6-12/h5-9H,4,10-11H2,1-3H3. The average molecular weight is 301 g/mol. The van der Waals surface area contributed by atoms with Gasteiger partial charge in [-0.05, 0) is 38.1 Å². The number of carbonyl (C=O) groups excluding carboxylic acids is 1. The van der Waals surface area contributed by atoms with E-state index in [-0.39, 0.29) is 17.3 Å². The third-order valence-corrected chi connectivity index (χ3v) is 4.19. The minimum absolute atomic E-state index is 0.141. The minimum Gasteiger partial charge on any atom is -0.330 e. The van der Waals surface area contributed by atoms with Crippen LogP contribution in [0.2, 0.25) is 0 Å². The lowest BCUT2D eigenvalue weighted by Gasteiger charge is -2.42. The van der Waals surface area contributed by atoms with Crippen molar-refractivity contribution in [3.8, 4) is 11.3 Å². The number of benzene rings is 1. The summed E-state index contributed by atoms with van der Waals surface area (Å²) in [4.78, 5) is 18.7. The smallest absolute Gasteiger partial charge is 0.223 e. The molecule has 2 aromatic rings. The second-order valence-electron chi connectivity index (χ2n) is 6.32. The highest BCUT2D eigenvalue weighted by atomic mass is 19.1. The van der Waals surface area contributed by atoms with Crippen molar-refractivity contribution in [3.63, 3.8) is 0 Å². The molecule has 0 N–H and O–H groups in total. The molecule has 1 aliphatic heterocycles. The van der Waals surface area contributed by atoms with E-state index in [4.69, 9.17) is 0 Å². The first-order valence-corrected chi connectivity index (χ1v) is 7.53. The van der Waals surface area contributed by atoms with Crippen molar-refractivity contribution in [1.82, 2.24) is 14.5 Å². The molecule has 116 valence electrons. The van der Waals surface area contributed by atoms with E-state index >= 15 is 0 Å². The summed E-state index contributed by atoms with van der Waals surface area (Å²) < 4.78 is 15.1. The zero-order valence-corrected chi connectivity index (χ0v) is 13.1. The molecule has 0 atom stereocenters. The summed E-state index contributed by atoms with van der Waals surface area (Å²) in [6.07, 6.45) is 2.48. The summed E-state index contributed by atoms with van der Waals surface area (Å²) >= 11 is 0. The van der Waals surface area contributed by atoms with Crippen molar-refractivity contribution in [3.05, 3.63) is 42.1 Å². The number of carbonyl (C=O) groups is 1. The van der Waals surface area contributed by atoms with Gasteiger partial charge in [0.15, 0.2) is 0 Å². The van der Waals surface area contributed by atoms with Gasteiger partial charge in [0.2, 0.25) is 5.91 Å². The summed E-state index contributed by atoms with van der Waals surface area (Å²) in [5.41, 5.74) is 1.46. The van der Waals surface area contributed by atoms with Gasteiger partial charge in [-0.25, -0.2) is 9.37 Å². The molecule has 22 heavy (non-hydrogen) atoms. The van der Waals surface area contributed by atoms with Gasteiger partial charge in [-0.2, -0.15) is 0 Å². The van der Waals surface area contributed by atoms with Gasteiger partial charge in [-0.15, -0.1) is 0 Å². The van der Waals surface area contributed by atoms with Crippen LogP contribution in [0, 0.1) is 5.82 Å². The molecule has 0 spiro atoms. The van der Waals surface area contributed by atoms with Crippen LogP contribution in [0.5, 0.6) is 0 Å². The zero-order chi connectivity index (χ0) is 15.9. The number of halogens is 1. The van der Waals surface area contributed by atoms with Crippen LogP contribution in [-0.4, -0.2) is 25.9 Å². The van der Waals surface area contributed by atoms with Crippen LogP contribution in [0.4, 0.5) is 4.39 Å². The first kappa shape index (κ1) is 14.8. The molecule has 1 aromatic carbocycles. The summed E-state index contributed by atoms with van der Waals surface area (Å²) in [7, 11) is 0. The number of hydrogen-bond donors (Lipinski definition) is 0. The molecular weight excluding hydrogens is 281 g/mol. The lowest BCUT2D eigenvalue weighted by molar-refractivity contribution is -0.139. The van der Waals surface area contributed by atoms with Gasteiger partial charge in [0, 0.05) is 24.7 Å². The van der Waals surface area contributed by atoms with Crippen molar-refractivity contribution in [2.75, 3.05) is 0 Å². The molecule has 5 heteroatoms. The van der Waals surface area contributed by atoms with Crippen molar-refractivity contribution in [1.29, 1.82) is 0 Å². The Morgan fingerprint density at radius 1 is 1.32 bits per heavy atom. The van der Waals surface area contributed by atoms with Crippen molar-refractivity contribution < 1.29 is 9.18 Å². The molecular formula is C17H20FN3O. The fourth-order valence-electron chi connectivity index (χ4n) is 2.95. The van der Waals surface area contributed by atoms with E-state index in [1.165, 1.54) is 12.1 Å². The lowest BCUT2D eigenvalue weighted by atomic mass is 9.99. The quantitative estimate of drug-likeness (QED) is 0.854. The molecule has 0 radical (unpaired) electrons. The first-order chi connectivity index (χ1) is 10.4. The Labute approximate surface area is 129 Å². The summed E-state index contributed by atoms with van der Waals surface area (Å²) in [6, 6.07) is 6.32. The summed E-state index contributed by atoms with van der Waals surface area (Å²) in [6.45, 7) is 7.24. The van der Waals surface area contributed by atoms with Crippen LogP contribution in [-0.2, 0) is 17.9 Å². The van der Waals surface area contributed by atoms with E-state index in [9.17, 15) is 9.18 Å². The molecule has 1 amide bonds. The number of nitrogens with zero attached hydrogens (tertiary/aromatic N) is 3. The minimum atomic E-state index is -0.256.